The number of aldehydes is 1. The van der Waals surface area contributed by atoms with Crippen LogP contribution in [-0.2, 0) is 4.79 Å². The van der Waals surface area contributed by atoms with Crippen molar-refractivity contribution in [2.75, 3.05) is 0 Å². The molecule has 3 unspecified atom stereocenters. The first kappa shape index (κ1) is 15.1. The van der Waals surface area contributed by atoms with E-state index in [1.807, 2.05) is 0 Å². The predicted octanol–water partition coefficient (Wildman–Crippen LogP) is 5.46. The summed E-state index contributed by atoms with van der Waals surface area (Å²) in [5, 5.41) is 0. The SMILES string of the molecule is CC(C)C1=CC2=C(CC1)C1(C)CCCC(C)(C=O)C1CC2. The predicted molar refractivity (Wildman–Crippen MR) is 88.0 cm³/mol. The highest BCUT2D eigenvalue weighted by Gasteiger charge is 2.52. The molecule has 3 aliphatic rings. The molecule has 3 aliphatic carbocycles. The number of hydrogen-bond acceptors (Lipinski definition) is 1. The van der Waals surface area contributed by atoms with E-state index in [0.717, 1.165) is 6.42 Å². The van der Waals surface area contributed by atoms with Gasteiger partial charge in [0.15, 0.2) is 0 Å². The van der Waals surface area contributed by atoms with Gasteiger partial charge in [0.25, 0.3) is 0 Å². The fraction of sp³-hybridized carbons (Fsp3) is 0.750. The highest BCUT2D eigenvalue weighted by atomic mass is 16.1. The zero-order valence-corrected chi connectivity index (χ0v) is 14.2. The van der Waals surface area contributed by atoms with E-state index in [-0.39, 0.29) is 10.8 Å². The first-order valence-electron chi connectivity index (χ1n) is 8.80. The molecule has 0 saturated heterocycles. The van der Waals surface area contributed by atoms with Crippen LogP contribution in [0.1, 0.15) is 72.6 Å². The molecule has 0 bridgehead atoms. The Balaban J connectivity index is 2.02. The third-order valence-electron chi connectivity index (χ3n) is 6.79. The van der Waals surface area contributed by atoms with Gasteiger partial charge in [0.05, 0.1) is 0 Å². The van der Waals surface area contributed by atoms with E-state index in [4.69, 9.17) is 0 Å². The summed E-state index contributed by atoms with van der Waals surface area (Å²) in [6, 6.07) is 0. The molecule has 0 aromatic rings. The van der Waals surface area contributed by atoms with Gasteiger partial charge in [0.2, 0.25) is 0 Å². The maximum Gasteiger partial charge on any atom is 0.126 e. The highest BCUT2D eigenvalue weighted by Crippen LogP contribution is 2.60. The van der Waals surface area contributed by atoms with Gasteiger partial charge < -0.3 is 4.79 Å². The maximum atomic E-state index is 11.8. The van der Waals surface area contributed by atoms with Crippen LogP contribution in [-0.4, -0.2) is 6.29 Å². The zero-order chi connectivity index (χ0) is 15.3. The molecule has 0 aromatic carbocycles. The van der Waals surface area contributed by atoms with Crippen LogP contribution in [0.4, 0.5) is 0 Å². The second kappa shape index (κ2) is 5.11. The molecule has 1 saturated carbocycles. The normalized spacial score (nSPS) is 39.7. The van der Waals surface area contributed by atoms with Crippen LogP contribution < -0.4 is 0 Å². The number of carbonyl (C=O) groups excluding carboxylic acids is 1. The molecule has 21 heavy (non-hydrogen) atoms. The van der Waals surface area contributed by atoms with Crippen LogP contribution in [0, 0.1) is 22.7 Å². The summed E-state index contributed by atoms with van der Waals surface area (Å²) in [5.41, 5.74) is 5.15. The monoisotopic (exact) mass is 286 g/mol. The molecule has 1 heteroatoms. The number of allylic oxidation sites excluding steroid dienone is 4. The molecule has 3 atom stereocenters. The minimum absolute atomic E-state index is 0.0897. The van der Waals surface area contributed by atoms with Crippen molar-refractivity contribution >= 4 is 6.29 Å². The molecule has 0 N–H and O–H groups in total. The standard InChI is InChI=1S/C20H30O/c1-14(2)15-6-8-17-16(12-15)7-9-18-19(3,13-21)10-5-11-20(17,18)4/h12-14,18H,5-11H2,1-4H3. The van der Waals surface area contributed by atoms with Gasteiger partial charge in [-0.25, -0.2) is 0 Å². The lowest BCUT2D eigenvalue weighted by molar-refractivity contribution is -0.124. The minimum atomic E-state index is -0.0897. The number of fused-ring (bicyclic) bond motifs is 2. The zero-order valence-electron chi connectivity index (χ0n) is 14.2. The highest BCUT2D eigenvalue weighted by molar-refractivity contribution is 5.61. The van der Waals surface area contributed by atoms with Crippen molar-refractivity contribution in [2.45, 2.75) is 72.6 Å². The molecule has 0 heterocycles. The molecule has 1 nitrogen and oxygen atoms in total. The van der Waals surface area contributed by atoms with E-state index in [1.165, 1.54) is 44.8 Å². The Morgan fingerprint density at radius 1 is 1.19 bits per heavy atom. The molecular weight excluding hydrogens is 256 g/mol. The summed E-state index contributed by atoms with van der Waals surface area (Å²) >= 11 is 0. The summed E-state index contributed by atoms with van der Waals surface area (Å²) in [6.45, 7) is 9.30. The molecule has 0 aromatic heterocycles. The first-order valence-corrected chi connectivity index (χ1v) is 8.80. The molecule has 0 radical (unpaired) electrons. The van der Waals surface area contributed by atoms with Crippen molar-refractivity contribution in [2.24, 2.45) is 22.7 Å². The Kier molecular flexibility index (Phi) is 3.66. The number of hydrogen-bond donors (Lipinski definition) is 0. The van der Waals surface area contributed by atoms with E-state index >= 15 is 0 Å². The fourth-order valence-corrected chi connectivity index (χ4v) is 5.51. The Hall–Kier alpha value is -0.850. The third kappa shape index (κ3) is 2.24. The van der Waals surface area contributed by atoms with Crippen molar-refractivity contribution in [3.05, 3.63) is 22.8 Å². The van der Waals surface area contributed by atoms with E-state index < -0.39 is 0 Å². The van der Waals surface area contributed by atoms with Gasteiger partial charge in [-0.05, 0) is 61.3 Å². The molecule has 0 spiro atoms. The Labute approximate surface area is 129 Å². The third-order valence-corrected chi connectivity index (χ3v) is 6.79. The Morgan fingerprint density at radius 2 is 1.95 bits per heavy atom. The minimum Gasteiger partial charge on any atom is -0.303 e. The Morgan fingerprint density at radius 3 is 2.62 bits per heavy atom. The lowest BCUT2D eigenvalue weighted by atomic mass is 9.49. The molecule has 1 fully saturated rings. The van der Waals surface area contributed by atoms with Crippen LogP contribution in [0.15, 0.2) is 22.8 Å². The van der Waals surface area contributed by atoms with Crippen LogP contribution in [0.2, 0.25) is 0 Å². The fourth-order valence-electron chi connectivity index (χ4n) is 5.51. The van der Waals surface area contributed by atoms with E-state index in [1.54, 1.807) is 16.7 Å². The number of carbonyl (C=O) groups is 1. The van der Waals surface area contributed by atoms with Gasteiger partial charge in [-0.15, -0.1) is 0 Å². The van der Waals surface area contributed by atoms with Gasteiger partial charge in [-0.1, -0.05) is 51.3 Å². The van der Waals surface area contributed by atoms with E-state index in [0.29, 0.717) is 11.8 Å². The van der Waals surface area contributed by atoms with Crippen LogP contribution in [0.5, 0.6) is 0 Å². The van der Waals surface area contributed by atoms with Gasteiger partial charge in [0, 0.05) is 5.41 Å². The topological polar surface area (TPSA) is 17.1 Å². The van der Waals surface area contributed by atoms with Gasteiger partial charge in [0.1, 0.15) is 6.29 Å². The molecule has 0 amide bonds. The average molecular weight is 286 g/mol. The summed E-state index contributed by atoms with van der Waals surface area (Å²) in [7, 11) is 0. The van der Waals surface area contributed by atoms with E-state index in [9.17, 15) is 4.79 Å². The molecular formula is C20H30O. The van der Waals surface area contributed by atoms with Crippen molar-refractivity contribution in [3.63, 3.8) is 0 Å². The van der Waals surface area contributed by atoms with Crippen molar-refractivity contribution in [1.29, 1.82) is 0 Å². The van der Waals surface area contributed by atoms with Crippen LogP contribution >= 0.6 is 0 Å². The van der Waals surface area contributed by atoms with Crippen LogP contribution in [0.3, 0.4) is 0 Å². The number of rotatable bonds is 2. The van der Waals surface area contributed by atoms with E-state index in [2.05, 4.69) is 33.8 Å². The van der Waals surface area contributed by atoms with Gasteiger partial charge >= 0.3 is 0 Å². The van der Waals surface area contributed by atoms with Crippen LogP contribution in [0.25, 0.3) is 0 Å². The summed E-state index contributed by atoms with van der Waals surface area (Å²) < 4.78 is 0. The lowest BCUT2D eigenvalue weighted by Crippen LogP contribution is -2.47. The lowest BCUT2D eigenvalue weighted by Gasteiger charge is -2.55. The van der Waals surface area contributed by atoms with Crippen molar-refractivity contribution in [3.8, 4) is 0 Å². The first-order chi connectivity index (χ1) is 9.90. The molecule has 116 valence electrons. The Bertz CT molecular complexity index is 510. The largest absolute Gasteiger partial charge is 0.303 e. The van der Waals surface area contributed by atoms with Crippen molar-refractivity contribution in [1.82, 2.24) is 0 Å². The molecule has 3 rings (SSSR count). The summed E-state index contributed by atoms with van der Waals surface area (Å²) in [6.07, 6.45) is 12.2. The second-order valence-corrected chi connectivity index (χ2v) is 8.36. The smallest absolute Gasteiger partial charge is 0.126 e. The summed E-state index contributed by atoms with van der Waals surface area (Å²) in [4.78, 5) is 11.8. The second-order valence-electron chi connectivity index (χ2n) is 8.36. The molecule has 0 aliphatic heterocycles. The van der Waals surface area contributed by atoms with Crippen molar-refractivity contribution < 1.29 is 4.79 Å². The average Bonchev–Trinajstić information content (AvgIpc) is 2.46. The van der Waals surface area contributed by atoms with Gasteiger partial charge in [-0.2, -0.15) is 0 Å². The maximum absolute atomic E-state index is 11.8. The quantitative estimate of drug-likeness (QED) is 0.616. The summed E-state index contributed by atoms with van der Waals surface area (Å²) in [5.74, 6) is 1.24. The van der Waals surface area contributed by atoms with Gasteiger partial charge in [-0.3, -0.25) is 0 Å².